The molecule has 0 saturated carbocycles. The van der Waals surface area contributed by atoms with E-state index in [-0.39, 0.29) is 18.2 Å². The van der Waals surface area contributed by atoms with Gasteiger partial charge < -0.3 is 10.2 Å². The fraction of sp³-hybridized carbons (Fsp3) is 0.545. The van der Waals surface area contributed by atoms with Crippen molar-refractivity contribution in [3.05, 3.63) is 12.2 Å². The van der Waals surface area contributed by atoms with E-state index < -0.39 is 18.1 Å². The summed E-state index contributed by atoms with van der Waals surface area (Å²) in [6.07, 6.45) is 2.68. The lowest BCUT2D eigenvalue weighted by atomic mass is 10.0. The fourth-order valence-electron chi connectivity index (χ4n) is 1.97. The van der Waals surface area contributed by atoms with Crippen molar-refractivity contribution in [3.8, 4) is 0 Å². The molecule has 1 aliphatic heterocycles. The molecule has 0 aromatic heterocycles. The third kappa shape index (κ3) is 3.58. The number of carboxylic acid groups (broad SMARTS) is 2. The molecule has 1 rings (SSSR count). The van der Waals surface area contributed by atoms with Crippen molar-refractivity contribution >= 4 is 17.8 Å². The maximum atomic E-state index is 10.9. The van der Waals surface area contributed by atoms with Gasteiger partial charge in [-0.2, -0.15) is 0 Å². The van der Waals surface area contributed by atoms with Crippen molar-refractivity contribution in [3.63, 3.8) is 0 Å². The molecule has 6 heteroatoms. The van der Waals surface area contributed by atoms with Gasteiger partial charge in [0.2, 0.25) is 0 Å². The van der Waals surface area contributed by atoms with Crippen LogP contribution in [-0.4, -0.2) is 45.5 Å². The minimum atomic E-state index is -1.21. The van der Waals surface area contributed by atoms with E-state index in [0.717, 1.165) is 4.90 Å². The number of carbonyl (C=O) groups excluding carboxylic acids is 1. The van der Waals surface area contributed by atoms with Crippen LogP contribution in [0, 0.1) is 5.92 Å². The summed E-state index contributed by atoms with van der Waals surface area (Å²) in [5, 5.41) is 17.7. The summed E-state index contributed by atoms with van der Waals surface area (Å²) in [5.74, 6) is -1.24. The molecule has 0 aromatic rings. The number of carboxylic acids is 1. The Morgan fingerprint density at radius 3 is 2.41 bits per heavy atom. The Morgan fingerprint density at radius 2 is 2.00 bits per heavy atom. The summed E-state index contributed by atoms with van der Waals surface area (Å²) in [6, 6.07) is -0.969. The molecule has 1 aliphatic rings. The van der Waals surface area contributed by atoms with E-state index in [9.17, 15) is 14.4 Å². The number of likely N-dealkylation sites (tertiary alicyclic amines) is 1. The number of hydrogen-bond donors (Lipinski definition) is 2. The van der Waals surface area contributed by atoms with Crippen molar-refractivity contribution in [2.45, 2.75) is 25.8 Å². The number of rotatable bonds is 4. The van der Waals surface area contributed by atoms with E-state index in [2.05, 4.69) is 0 Å². The van der Waals surface area contributed by atoms with Crippen molar-refractivity contribution in [1.82, 2.24) is 4.90 Å². The van der Waals surface area contributed by atoms with Gasteiger partial charge in [0, 0.05) is 6.54 Å². The minimum absolute atomic E-state index is 0.0391. The molecule has 0 aliphatic carbocycles. The third-order valence-corrected chi connectivity index (χ3v) is 2.74. The molecule has 0 aromatic carbocycles. The van der Waals surface area contributed by atoms with Crippen molar-refractivity contribution < 1.29 is 24.6 Å². The summed E-state index contributed by atoms with van der Waals surface area (Å²) >= 11 is 0. The molecule has 2 unspecified atom stereocenters. The predicted molar refractivity (Wildman–Crippen MR) is 58.7 cm³/mol. The molecular weight excluding hydrogens is 226 g/mol. The number of aliphatic carboxylic acids is 1. The van der Waals surface area contributed by atoms with Gasteiger partial charge in [0.15, 0.2) is 5.78 Å². The summed E-state index contributed by atoms with van der Waals surface area (Å²) in [6.45, 7) is 1.63. The van der Waals surface area contributed by atoms with Gasteiger partial charge in [-0.25, -0.2) is 9.59 Å². The number of nitrogens with zero attached hydrogens (tertiary/aromatic N) is 1. The van der Waals surface area contributed by atoms with E-state index >= 15 is 0 Å². The maximum absolute atomic E-state index is 10.9. The minimum Gasteiger partial charge on any atom is -0.480 e. The highest BCUT2D eigenvalue weighted by Gasteiger charge is 2.39. The van der Waals surface area contributed by atoms with E-state index in [1.165, 1.54) is 13.0 Å². The highest BCUT2D eigenvalue weighted by atomic mass is 16.4. The Labute approximate surface area is 98.5 Å². The number of ketones is 1. The first-order valence-electron chi connectivity index (χ1n) is 5.31. The Morgan fingerprint density at radius 1 is 1.35 bits per heavy atom. The van der Waals surface area contributed by atoms with Crippen molar-refractivity contribution in [2.24, 2.45) is 5.92 Å². The number of hydrogen-bond acceptors (Lipinski definition) is 3. The normalized spacial score (nSPS) is 24.2. The molecule has 6 nitrogen and oxygen atoms in total. The monoisotopic (exact) mass is 241 g/mol. The fourth-order valence-corrected chi connectivity index (χ4v) is 1.97. The zero-order chi connectivity index (χ0) is 13.0. The molecule has 1 heterocycles. The summed E-state index contributed by atoms with van der Waals surface area (Å²) < 4.78 is 0. The largest absolute Gasteiger partial charge is 0.480 e. The molecule has 94 valence electrons. The number of amides is 1. The van der Waals surface area contributed by atoms with Gasteiger partial charge in [-0.1, -0.05) is 6.08 Å². The van der Waals surface area contributed by atoms with Crippen molar-refractivity contribution in [2.75, 3.05) is 6.54 Å². The SMILES string of the molecule is CC(=O)/C=C/CC1CC(C(=O)O)N(C(=O)O)C1. The Hall–Kier alpha value is -1.85. The second-order valence-electron chi connectivity index (χ2n) is 4.14. The Balaban J connectivity index is 2.60. The van der Waals surface area contributed by atoms with Gasteiger partial charge in [0.1, 0.15) is 6.04 Å². The van der Waals surface area contributed by atoms with Crippen LogP contribution in [0.25, 0.3) is 0 Å². The standard InChI is InChI=1S/C11H15NO5/c1-7(13)3-2-4-8-5-9(10(14)15)12(6-8)11(16)17/h2-3,8-9H,4-6H2,1H3,(H,14,15)(H,16,17)/b3-2+. The van der Waals surface area contributed by atoms with E-state index in [1.807, 2.05) is 0 Å². The molecule has 0 radical (unpaired) electrons. The lowest BCUT2D eigenvalue weighted by Crippen LogP contribution is -2.39. The summed E-state index contributed by atoms with van der Waals surface area (Å²) in [4.78, 5) is 33.3. The molecule has 1 fully saturated rings. The van der Waals surface area contributed by atoms with Crippen LogP contribution in [0.4, 0.5) is 4.79 Å². The average molecular weight is 241 g/mol. The van der Waals surface area contributed by atoms with E-state index in [0.29, 0.717) is 12.8 Å². The van der Waals surface area contributed by atoms with Crippen LogP contribution in [0.15, 0.2) is 12.2 Å². The van der Waals surface area contributed by atoms with Crippen LogP contribution >= 0.6 is 0 Å². The third-order valence-electron chi connectivity index (χ3n) is 2.74. The smallest absolute Gasteiger partial charge is 0.408 e. The molecule has 1 saturated heterocycles. The highest BCUT2D eigenvalue weighted by Crippen LogP contribution is 2.26. The van der Waals surface area contributed by atoms with Crippen LogP contribution in [-0.2, 0) is 9.59 Å². The van der Waals surface area contributed by atoms with Gasteiger partial charge in [0.05, 0.1) is 0 Å². The van der Waals surface area contributed by atoms with Gasteiger partial charge in [-0.15, -0.1) is 0 Å². The molecule has 0 spiro atoms. The molecule has 1 amide bonds. The van der Waals surface area contributed by atoms with Gasteiger partial charge in [-0.3, -0.25) is 9.69 Å². The number of allylic oxidation sites excluding steroid dienone is 2. The Kier molecular flexibility index (Phi) is 4.25. The van der Waals surface area contributed by atoms with Gasteiger partial charge >= 0.3 is 12.1 Å². The van der Waals surface area contributed by atoms with Gasteiger partial charge in [-0.05, 0) is 31.8 Å². The maximum Gasteiger partial charge on any atom is 0.408 e. The lowest BCUT2D eigenvalue weighted by molar-refractivity contribution is -0.141. The molecule has 2 N–H and O–H groups in total. The topological polar surface area (TPSA) is 94.9 Å². The van der Waals surface area contributed by atoms with Gasteiger partial charge in [0.25, 0.3) is 0 Å². The summed E-state index contributed by atoms with van der Waals surface area (Å²) in [5.41, 5.74) is 0. The van der Waals surface area contributed by atoms with Crippen LogP contribution in [0.3, 0.4) is 0 Å². The predicted octanol–water partition coefficient (Wildman–Crippen LogP) is 0.975. The first kappa shape index (κ1) is 13.2. The van der Waals surface area contributed by atoms with Crippen LogP contribution in [0.5, 0.6) is 0 Å². The van der Waals surface area contributed by atoms with Crippen LogP contribution in [0.1, 0.15) is 19.8 Å². The van der Waals surface area contributed by atoms with E-state index in [1.54, 1.807) is 6.08 Å². The molecule has 17 heavy (non-hydrogen) atoms. The average Bonchev–Trinajstić information content (AvgIpc) is 2.61. The first-order valence-corrected chi connectivity index (χ1v) is 5.31. The van der Waals surface area contributed by atoms with Crippen LogP contribution in [0.2, 0.25) is 0 Å². The number of carbonyl (C=O) groups is 3. The zero-order valence-electron chi connectivity index (χ0n) is 9.50. The first-order chi connectivity index (χ1) is 7.91. The molecule has 0 bridgehead atoms. The van der Waals surface area contributed by atoms with Crippen LogP contribution < -0.4 is 0 Å². The second kappa shape index (κ2) is 5.47. The Bertz CT molecular complexity index is 341. The second-order valence-corrected chi connectivity index (χ2v) is 4.14. The molecule has 2 atom stereocenters. The van der Waals surface area contributed by atoms with E-state index in [4.69, 9.17) is 10.2 Å². The highest BCUT2D eigenvalue weighted by molar-refractivity contribution is 5.87. The molecular formula is C11H15NO5. The zero-order valence-corrected chi connectivity index (χ0v) is 9.50. The van der Waals surface area contributed by atoms with Crippen molar-refractivity contribution in [1.29, 1.82) is 0 Å². The lowest BCUT2D eigenvalue weighted by Gasteiger charge is -2.16. The quantitative estimate of drug-likeness (QED) is 0.715. The summed E-state index contributed by atoms with van der Waals surface area (Å²) in [7, 11) is 0.